The molecule has 0 spiro atoms. The number of carbonyl (C=O) groups excluding carboxylic acids is 1. The van der Waals surface area contributed by atoms with E-state index in [1.54, 1.807) is 4.90 Å². The van der Waals surface area contributed by atoms with Gasteiger partial charge in [0, 0.05) is 19.6 Å². The Balaban J connectivity index is 2.67. The van der Waals surface area contributed by atoms with E-state index in [0.29, 0.717) is 6.54 Å². The standard InChI is InChI=1S/C7H15N3O/c1-7(2)5-9-3-4-10(7)6(8)11/h9H,3-5H2,1-2H3,(H2,8,11). The normalized spacial score (nSPS) is 23.3. The first-order valence-corrected chi connectivity index (χ1v) is 3.82. The third-order valence-corrected chi connectivity index (χ3v) is 2.07. The summed E-state index contributed by atoms with van der Waals surface area (Å²) >= 11 is 0. The van der Waals surface area contributed by atoms with Crippen molar-refractivity contribution in [3.8, 4) is 0 Å². The van der Waals surface area contributed by atoms with Crippen LogP contribution >= 0.6 is 0 Å². The molecule has 1 saturated heterocycles. The Hall–Kier alpha value is -0.770. The molecule has 0 aromatic carbocycles. The predicted molar refractivity (Wildman–Crippen MR) is 43.2 cm³/mol. The van der Waals surface area contributed by atoms with Crippen LogP contribution in [0.1, 0.15) is 13.8 Å². The Morgan fingerprint density at radius 1 is 1.64 bits per heavy atom. The highest BCUT2D eigenvalue weighted by atomic mass is 16.2. The lowest BCUT2D eigenvalue weighted by atomic mass is 10.0. The van der Waals surface area contributed by atoms with Gasteiger partial charge in [-0.2, -0.15) is 0 Å². The molecule has 11 heavy (non-hydrogen) atoms. The maximum Gasteiger partial charge on any atom is 0.315 e. The molecule has 2 amide bonds. The minimum atomic E-state index is -0.323. The zero-order valence-corrected chi connectivity index (χ0v) is 7.05. The van der Waals surface area contributed by atoms with Gasteiger partial charge in [0.1, 0.15) is 0 Å². The molecule has 1 aliphatic heterocycles. The van der Waals surface area contributed by atoms with Crippen LogP contribution in [0.5, 0.6) is 0 Å². The van der Waals surface area contributed by atoms with Gasteiger partial charge in [-0.15, -0.1) is 0 Å². The average molecular weight is 157 g/mol. The third kappa shape index (κ3) is 1.63. The lowest BCUT2D eigenvalue weighted by Gasteiger charge is -2.41. The second kappa shape index (κ2) is 2.70. The van der Waals surface area contributed by atoms with E-state index in [-0.39, 0.29) is 11.6 Å². The van der Waals surface area contributed by atoms with Crippen molar-refractivity contribution < 1.29 is 4.79 Å². The lowest BCUT2D eigenvalue weighted by molar-refractivity contribution is 0.120. The van der Waals surface area contributed by atoms with Crippen LogP contribution in [0.15, 0.2) is 0 Å². The van der Waals surface area contributed by atoms with Crippen molar-refractivity contribution in [3.63, 3.8) is 0 Å². The van der Waals surface area contributed by atoms with Crippen LogP contribution < -0.4 is 11.1 Å². The minimum absolute atomic E-state index is 0.135. The number of carbonyl (C=O) groups is 1. The van der Waals surface area contributed by atoms with E-state index in [1.165, 1.54) is 0 Å². The molecular formula is C7H15N3O. The van der Waals surface area contributed by atoms with Gasteiger partial charge in [0.25, 0.3) is 0 Å². The fourth-order valence-corrected chi connectivity index (χ4v) is 1.39. The molecule has 1 rings (SSSR count). The minimum Gasteiger partial charge on any atom is -0.351 e. The zero-order valence-electron chi connectivity index (χ0n) is 7.05. The number of rotatable bonds is 0. The Labute approximate surface area is 66.7 Å². The fourth-order valence-electron chi connectivity index (χ4n) is 1.39. The lowest BCUT2D eigenvalue weighted by Crippen LogP contribution is -2.61. The molecule has 64 valence electrons. The maximum atomic E-state index is 10.9. The van der Waals surface area contributed by atoms with Gasteiger partial charge in [0.2, 0.25) is 0 Å². The summed E-state index contributed by atoms with van der Waals surface area (Å²) < 4.78 is 0. The first kappa shape index (κ1) is 8.33. The Morgan fingerprint density at radius 2 is 2.27 bits per heavy atom. The number of nitrogens with zero attached hydrogens (tertiary/aromatic N) is 1. The molecule has 0 aliphatic carbocycles. The Bertz CT molecular complexity index is 167. The van der Waals surface area contributed by atoms with Crippen molar-refractivity contribution in [2.75, 3.05) is 19.6 Å². The summed E-state index contributed by atoms with van der Waals surface area (Å²) in [5.41, 5.74) is 5.07. The second-order valence-corrected chi connectivity index (χ2v) is 3.48. The Morgan fingerprint density at radius 3 is 2.64 bits per heavy atom. The van der Waals surface area contributed by atoms with Crippen molar-refractivity contribution in [1.29, 1.82) is 0 Å². The number of hydrogen-bond acceptors (Lipinski definition) is 2. The summed E-state index contributed by atoms with van der Waals surface area (Å²) in [5, 5.41) is 3.21. The number of hydrogen-bond donors (Lipinski definition) is 2. The van der Waals surface area contributed by atoms with Crippen LogP contribution in [0.3, 0.4) is 0 Å². The van der Waals surface area contributed by atoms with Crippen LogP contribution in [0.25, 0.3) is 0 Å². The summed E-state index contributed by atoms with van der Waals surface area (Å²) in [6, 6.07) is -0.323. The molecule has 0 radical (unpaired) electrons. The largest absolute Gasteiger partial charge is 0.351 e. The highest BCUT2D eigenvalue weighted by molar-refractivity contribution is 5.73. The third-order valence-electron chi connectivity index (χ3n) is 2.07. The van der Waals surface area contributed by atoms with Crippen LogP contribution in [-0.4, -0.2) is 36.1 Å². The SMILES string of the molecule is CC1(C)CNCCN1C(N)=O. The van der Waals surface area contributed by atoms with Crippen LogP contribution in [0.4, 0.5) is 4.79 Å². The van der Waals surface area contributed by atoms with Gasteiger partial charge in [0.05, 0.1) is 5.54 Å². The molecular weight excluding hydrogens is 142 g/mol. The van der Waals surface area contributed by atoms with Crippen LogP contribution in [-0.2, 0) is 0 Å². The monoisotopic (exact) mass is 157 g/mol. The number of primary amides is 1. The van der Waals surface area contributed by atoms with E-state index in [9.17, 15) is 4.79 Å². The Kier molecular flexibility index (Phi) is 2.04. The smallest absolute Gasteiger partial charge is 0.315 e. The molecule has 3 N–H and O–H groups in total. The summed E-state index contributed by atoms with van der Waals surface area (Å²) in [6.45, 7) is 6.37. The number of nitrogens with two attached hydrogens (primary N) is 1. The van der Waals surface area contributed by atoms with E-state index >= 15 is 0 Å². The molecule has 4 nitrogen and oxygen atoms in total. The number of amides is 2. The molecule has 0 bridgehead atoms. The molecule has 0 unspecified atom stereocenters. The average Bonchev–Trinajstić information content (AvgIpc) is 1.85. The summed E-state index contributed by atoms with van der Waals surface area (Å²) in [5.74, 6) is 0. The van der Waals surface area contributed by atoms with Crippen molar-refractivity contribution in [3.05, 3.63) is 0 Å². The summed E-state index contributed by atoms with van der Waals surface area (Å²) in [6.07, 6.45) is 0. The van der Waals surface area contributed by atoms with Gasteiger partial charge in [-0.25, -0.2) is 4.79 Å². The van der Waals surface area contributed by atoms with Crippen molar-refractivity contribution >= 4 is 6.03 Å². The first-order valence-electron chi connectivity index (χ1n) is 3.82. The van der Waals surface area contributed by atoms with Gasteiger partial charge in [-0.1, -0.05) is 0 Å². The number of nitrogens with one attached hydrogen (secondary N) is 1. The molecule has 1 fully saturated rings. The molecule has 0 atom stereocenters. The molecule has 0 saturated carbocycles. The summed E-state index contributed by atoms with van der Waals surface area (Å²) in [7, 11) is 0. The van der Waals surface area contributed by atoms with Gasteiger partial charge >= 0.3 is 6.03 Å². The molecule has 0 aromatic rings. The van der Waals surface area contributed by atoms with Crippen molar-refractivity contribution in [1.82, 2.24) is 10.2 Å². The van der Waals surface area contributed by atoms with Gasteiger partial charge in [-0.3, -0.25) is 0 Å². The maximum absolute atomic E-state index is 10.9. The molecule has 1 heterocycles. The van der Waals surface area contributed by atoms with E-state index in [0.717, 1.165) is 13.1 Å². The van der Waals surface area contributed by atoms with Crippen LogP contribution in [0, 0.1) is 0 Å². The molecule has 1 aliphatic rings. The summed E-state index contributed by atoms with van der Waals surface area (Å²) in [4.78, 5) is 12.6. The quantitative estimate of drug-likeness (QED) is 0.509. The van der Waals surface area contributed by atoms with Crippen molar-refractivity contribution in [2.24, 2.45) is 5.73 Å². The van der Waals surface area contributed by atoms with Crippen LogP contribution in [0.2, 0.25) is 0 Å². The van der Waals surface area contributed by atoms with E-state index < -0.39 is 0 Å². The first-order chi connectivity index (χ1) is 5.04. The van der Waals surface area contributed by atoms with Crippen molar-refractivity contribution in [2.45, 2.75) is 19.4 Å². The van der Waals surface area contributed by atoms with E-state index in [2.05, 4.69) is 5.32 Å². The van der Waals surface area contributed by atoms with Gasteiger partial charge in [-0.05, 0) is 13.8 Å². The fraction of sp³-hybridized carbons (Fsp3) is 0.857. The van der Waals surface area contributed by atoms with E-state index in [4.69, 9.17) is 5.73 Å². The molecule has 0 aromatic heterocycles. The zero-order chi connectivity index (χ0) is 8.48. The topological polar surface area (TPSA) is 58.4 Å². The highest BCUT2D eigenvalue weighted by Crippen LogP contribution is 2.14. The van der Waals surface area contributed by atoms with Gasteiger partial charge in [0.15, 0.2) is 0 Å². The second-order valence-electron chi connectivity index (χ2n) is 3.48. The number of piperazine rings is 1. The van der Waals surface area contributed by atoms with Gasteiger partial charge < -0.3 is 16.0 Å². The predicted octanol–water partition coefficient (Wildman–Crippen LogP) is -0.251. The highest BCUT2D eigenvalue weighted by Gasteiger charge is 2.31. The molecule has 4 heteroatoms. The van der Waals surface area contributed by atoms with E-state index in [1.807, 2.05) is 13.8 Å². The number of urea groups is 1.